The lowest BCUT2D eigenvalue weighted by molar-refractivity contribution is 0.304. The summed E-state index contributed by atoms with van der Waals surface area (Å²) in [7, 11) is 1.14. The Kier molecular flexibility index (Phi) is 5.83. The number of piperazine rings is 1. The van der Waals surface area contributed by atoms with Crippen molar-refractivity contribution in [2.24, 2.45) is 0 Å². The minimum atomic E-state index is -0.740. The van der Waals surface area contributed by atoms with Crippen LogP contribution in [0.1, 0.15) is 0 Å². The smallest absolute Gasteiger partial charge is 0.229 e. The van der Waals surface area contributed by atoms with E-state index in [-0.39, 0.29) is 6.61 Å². The first-order valence-electron chi connectivity index (χ1n) is 9.58. The van der Waals surface area contributed by atoms with Crippen molar-refractivity contribution in [3.8, 4) is 0 Å². The van der Waals surface area contributed by atoms with Crippen LogP contribution in [0.25, 0.3) is 11.2 Å². The number of nitrogens with one attached hydrogen (secondary N) is 1. The van der Waals surface area contributed by atoms with Crippen LogP contribution in [0.2, 0.25) is 0 Å². The molecule has 0 bridgehead atoms. The predicted molar refractivity (Wildman–Crippen MR) is 111 cm³/mol. The summed E-state index contributed by atoms with van der Waals surface area (Å²) in [4.78, 5) is 25.0. The highest BCUT2D eigenvalue weighted by molar-refractivity contribution is 7.85. The van der Waals surface area contributed by atoms with Gasteiger partial charge in [0.2, 0.25) is 5.95 Å². The highest BCUT2D eigenvalue weighted by atomic mass is 32.2. The number of rotatable bonds is 5. The fraction of sp³-hybridized carbons (Fsp3) is 0.647. The normalized spacial score (nSPS) is 18.6. The van der Waals surface area contributed by atoms with E-state index in [1.165, 1.54) is 0 Å². The van der Waals surface area contributed by atoms with Crippen LogP contribution in [-0.2, 0) is 10.8 Å². The van der Waals surface area contributed by atoms with E-state index in [9.17, 15) is 9.32 Å². The Bertz CT molecular complexity index is 850. The van der Waals surface area contributed by atoms with Gasteiger partial charge in [-0.1, -0.05) is 0 Å². The zero-order valence-electron chi connectivity index (χ0n) is 16.0. The molecule has 0 aliphatic carbocycles. The van der Waals surface area contributed by atoms with Crippen molar-refractivity contribution in [2.75, 3.05) is 85.7 Å². The Morgan fingerprint density at radius 1 is 1.14 bits per heavy atom. The van der Waals surface area contributed by atoms with Gasteiger partial charge in [0.15, 0.2) is 17.0 Å². The van der Waals surface area contributed by atoms with Crippen LogP contribution in [-0.4, -0.2) is 100 Å². The molecule has 2 aromatic heterocycles. The Hall–Kier alpha value is -2.11. The first-order valence-corrected chi connectivity index (χ1v) is 11.1. The van der Waals surface area contributed by atoms with Gasteiger partial charge in [0, 0.05) is 75.2 Å². The molecule has 0 radical (unpaired) electrons. The lowest BCUT2D eigenvalue weighted by Gasteiger charge is -2.29. The molecule has 2 aliphatic rings. The van der Waals surface area contributed by atoms with E-state index in [0.29, 0.717) is 54.1 Å². The van der Waals surface area contributed by atoms with E-state index in [4.69, 9.17) is 15.0 Å². The molecule has 0 atom stereocenters. The zero-order chi connectivity index (χ0) is 19.5. The van der Waals surface area contributed by atoms with E-state index in [1.807, 2.05) is 11.9 Å². The Balaban J connectivity index is 1.74. The van der Waals surface area contributed by atoms with Crippen LogP contribution in [0.3, 0.4) is 0 Å². The van der Waals surface area contributed by atoms with Crippen molar-refractivity contribution in [1.82, 2.24) is 25.3 Å². The number of likely N-dealkylation sites (N-methyl/N-ethyl adjacent to an activating group) is 1. The van der Waals surface area contributed by atoms with Gasteiger partial charge in [0.05, 0.1) is 12.8 Å². The summed E-state index contributed by atoms with van der Waals surface area (Å²) in [6, 6.07) is 0. The molecule has 152 valence electrons. The maximum atomic E-state index is 11.6. The van der Waals surface area contributed by atoms with Gasteiger partial charge in [0.1, 0.15) is 5.82 Å². The quantitative estimate of drug-likeness (QED) is 0.630. The summed E-state index contributed by atoms with van der Waals surface area (Å²) in [5, 5.41) is 12.7. The fourth-order valence-corrected chi connectivity index (χ4v) is 4.47. The monoisotopic (exact) mass is 406 g/mol. The van der Waals surface area contributed by atoms with Gasteiger partial charge in [-0.25, -0.2) is 9.97 Å². The van der Waals surface area contributed by atoms with Crippen LogP contribution in [0, 0.1) is 0 Å². The van der Waals surface area contributed by atoms with E-state index in [2.05, 4.69) is 20.1 Å². The standard InChI is InChI=1S/C17H26N8O2S/c1-23(6-9-26)16-14-15(21-17(22-16)25-4-2-18-3-5-25)20-13(12-19-14)24-7-10-28(27)11-8-24/h12,18,26H,2-11H2,1H3. The molecule has 11 heteroatoms. The molecular formula is C17H26N8O2S. The van der Waals surface area contributed by atoms with Crippen LogP contribution >= 0.6 is 0 Å². The minimum Gasteiger partial charge on any atom is -0.395 e. The zero-order valence-corrected chi connectivity index (χ0v) is 16.9. The summed E-state index contributed by atoms with van der Waals surface area (Å²) in [6.07, 6.45) is 1.74. The van der Waals surface area contributed by atoms with Crippen molar-refractivity contribution in [3.63, 3.8) is 0 Å². The van der Waals surface area contributed by atoms with Gasteiger partial charge in [-0.15, -0.1) is 0 Å². The predicted octanol–water partition coefficient (Wildman–Crippen LogP) is -1.17. The second kappa shape index (κ2) is 8.50. The average Bonchev–Trinajstić information content (AvgIpc) is 2.74. The van der Waals surface area contributed by atoms with Gasteiger partial charge in [-0.05, 0) is 0 Å². The van der Waals surface area contributed by atoms with Crippen molar-refractivity contribution < 1.29 is 9.32 Å². The molecule has 2 N–H and O–H groups in total. The van der Waals surface area contributed by atoms with E-state index in [0.717, 1.165) is 32.0 Å². The number of aliphatic hydroxyl groups is 1. The van der Waals surface area contributed by atoms with Crippen molar-refractivity contribution in [3.05, 3.63) is 6.20 Å². The lowest BCUT2D eigenvalue weighted by atomic mass is 10.3. The Morgan fingerprint density at radius 2 is 1.89 bits per heavy atom. The molecule has 0 amide bonds. The number of hydrogen-bond acceptors (Lipinski definition) is 10. The summed E-state index contributed by atoms with van der Waals surface area (Å²) in [5.41, 5.74) is 1.17. The Morgan fingerprint density at radius 3 is 2.61 bits per heavy atom. The summed E-state index contributed by atoms with van der Waals surface area (Å²) in [6.45, 7) is 5.34. The van der Waals surface area contributed by atoms with Gasteiger partial charge in [-0.2, -0.15) is 9.97 Å². The van der Waals surface area contributed by atoms with Crippen LogP contribution in [0.4, 0.5) is 17.6 Å². The number of fused-ring (bicyclic) bond motifs is 1. The van der Waals surface area contributed by atoms with Crippen molar-refractivity contribution in [1.29, 1.82) is 0 Å². The third-order valence-electron chi connectivity index (χ3n) is 5.06. The summed E-state index contributed by atoms with van der Waals surface area (Å²) in [5.74, 6) is 3.37. The van der Waals surface area contributed by atoms with Crippen molar-refractivity contribution in [2.45, 2.75) is 0 Å². The fourth-order valence-electron chi connectivity index (χ4n) is 3.42. The number of aromatic nitrogens is 4. The number of nitrogens with zero attached hydrogens (tertiary/aromatic N) is 7. The molecule has 0 aromatic carbocycles. The molecular weight excluding hydrogens is 380 g/mol. The molecule has 28 heavy (non-hydrogen) atoms. The highest BCUT2D eigenvalue weighted by Crippen LogP contribution is 2.25. The minimum absolute atomic E-state index is 0.0292. The molecule has 4 heterocycles. The van der Waals surface area contributed by atoms with Gasteiger partial charge in [-0.3, -0.25) is 4.21 Å². The Labute approximate surface area is 166 Å². The summed E-state index contributed by atoms with van der Waals surface area (Å²) < 4.78 is 11.6. The molecule has 2 aromatic rings. The second-order valence-electron chi connectivity index (χ2n) is 6.96. The third kappa shape index (κ3) is 4.01. The molecule has 0 spiro atoms. The first-order chi connectivity index (χ1) is 13.7. The van der Waals surface area contributed by atoms with Crippen LogP contribution < -0.4 is 20.0 Å². The maximum Gasteiger partial charge on any atom is 0.229 e. The third-order valence-corrected chi connectivity index (χ3v) is 6.34. The molecule has 4 rings (SSSR count). The maximum absolute atomic E-state index is 11.6. The summed E-state index contributed by atoms with van der Waals surface area (Å²) >= 11 is 0. The van der Waals surface area contributed by atoms with E-state index < -0.39 is 10.8 Å². The number of hydrogen-bond donors (Lipinski definition) is 2. The number of aliphatic hydroxyl groups excluding tert-OH is 1. The average molecular weight is 407 g/mol. The van der Waals surface area contributed by atoms with Crippen LogP contribution in [0.5, 0.6) is 0 Å². The molecule has 2 fully saturated rings. The first kappa shape index (κ1) is 19.2. The lowest BCUT2D eigenvalue weighted by Crippen LogP contribution is -2.44. The molecule has 2 aliphatic heterocycles. The van der Waals surface area contributed by atoms with Crippen molar-refractivity contribution >= 4 is 39.5 Å². The van der Waals surface area contributed by atoms with Gasteiger partial charge >= 0.3 is 0 Å². The molecule has 2 saturated heterocycles. The largest absolute Gasteiger partial charge is 0.395 e. The van der Waals surface area contributed by atoms with E-state index >= 15 is 0 Å². The van der Waals surface area contributed by atoms with Gasteiger partial charge in [0.25, 0.3) is 0 Å². The van der Waals surface area contributed by atoms with Gasteiger partial charge < -0.3 is 25.1 Å². The number of anilines is 3. The highest BCUT2D eigenvalue weighted by Gasteiger charge is 2.22. The molecule has 10 nitrogen and oxygen atoms in total. The van der Waals surface area contributed by atoms with Crippen LogP contribution in [0.15, 0.2) is 6.20 Å². The molecule has 0 unspecified atom stereocenters. The second-order valence-corrected chi connectivity index (χ2v) is 8.66. The molecule has 0 saturated carbocycles. The topological polar surface area (TPSA) is 111 Å². The SMILES string of the molecule is CN(CCO)c1nc(N2CCNCC2)nc2nc(N3CCS(=O)CC3)cnc12. The van der Waals surface area contributed by atoms with E-state index in [1.54, 1.807) is 6.20 Å².